The van der Waals surface area contributed by atoms with Crippen LogP contribution in [0.25, 0.3) is 0 Å². The lowest BCUT2D eigenvalue weighted by Crippen LogP contribution is -2.02. The molecule has 1 aromatic rings. The van der Waals surface area contributed by atoms with Gasteiger partial charge >= 0.3 is 0 Å². The largest absolute Gasteiger partial charge is 0.396 e. The molecule has 0 fully saturated rings. The Kier molecular flexibility index (Phi) is 18.5. The lowest BCUT2D eigenvalue weighted by atomic mass is 10.2. The standard InChI is InChI=1S/C26H34N4O6P2/c1-21(25(31)37)29-35-17-9-5-3-7-15-33-27-19-23-11-13-24(14-12-23)20-28-34-16-8-4-6-10-18-36-30-22(2)26(32)38/h3,5,7,9,11-15,17,19-20H,4,6,8,10,16,18,37-38H2,1-2H3/b5-3+,15-7+,17-9-,27-19-,28-20-,29-21-,30-22+. The average Bonchev–Trinajstić information content (AvgIpc) is 2.90. The van der Waals surface area contributed by atoms with Crippen molar-refractivity contribution >= 4 is 53.4 Å². The second-order valence-electron chi connectivity index (χ2n) is 7.55. The van der Waals surface area contributed by atoms with Crippen LogP contribution in [0.4, 0.5) is 0 Å². The number of hydrogen-bond acceptors (Lipinski definition) is 10. The van der Waals surface area contributed by atoms with Crippen LogP contribution in [0.15, 0.2) is 81.7 Å². The predicted molar refractivity (Wildman–Crippen MR) is 157 cm³/mol. The minimum absolute atomic E-state index is 0.168. The second kappa shape index (κ2) is 21.6. The Hall–Kier alpha value is -3.48. The Morgan fingerprint density at radius 3 is 1.76 bits per heavy atom. The molecule has 0 aromatic heterocycles. The Bertz CT molecular complexity index is 1060. The van der Waals surface area contributed by atoms with E-state index in [2.05, 4.69) is 29.9 Å². The van der Waals surface area contributed by atoms with Gasteiger partial charge in [-0.1, -0.05) is 75.5 Å². The van der Waals surface area contributed by atoms with Crippen LogP contribution in [0.1, 0.15) is 50.7 Å². The molecule has 0 aliphatic rings. The maximum atomic E-state index is 11.0. The summed E-state index contributed by atoms with van der Waals surface area (Å²) in [5.41, 5.74) is 1.99. The fourth-order valence-electron chi connectivity index (χ4n) is 2.26. The molecule has 2 unspecified atom stereocenters. The molecule has 0 bridgehead atoms. The number of benzene rings is 1. The molecule has 0 saturated carbocycles. The first-order chi connectivity index (χ1) is 18.4. The molecule has 0 amide bonds. The van der Waals surface area contributed by atoms with Gasteiger partial charge in [-0.3, -0.25) is 9.59 Å². The highest BCUT2D eigenvalue weighted by molar-refractivity contribution is 7.45. The summed E-state index contributed by atoms with van der Waals surface area (Å²) in [6, 6.07) is 7.58. The van der Waals surface area contributed by atoms with Crippen molar-refractivity contribution in [2.45, 2.75) is 39.5 Å². The lowest BCUT2D eigenvalue weighted by molar-refractivity contribution is -0.106. The third-order valence-corrected chi connectivity index (χ3v) is 5.25. The summed E-state index contributed by atoms with van der Waals surface area (Å²) in [6.07, 6.45) is 16.5. The third-order valence-electron chi connectivity index (χ3n) is 4.41. The van der Waals surface area contributed by atoms with Gasteiger partial charge in [0.2, 0.25) is 0 Å². The zero-order valence-electron chi connectivity index (χ0n) is 21.6. The Morgan fingerprint density at radius 2 is 1.18 bits per heavy atom. The molecule has 2 atom stereocenters. The van der Waals surface area contributed by atoms with Crippen LogP contribution in [0.3, 0.4) is 0 Å². The molecule has 0 radical (unpaired) electrons. The van der Waals surface area contributed by atoms with Crippen LogP contribution in [-0.2, 0) is 28.9 Å². The molecule has 0 aliphatic carbocycles. The number of carbonyl (C=O) groups is 2. The molecule has 12 heteroatoms. The van der Waals surface area contributed by atoms with Crippen molar-refractivity contribution in [3.8, 4) is 0 Å². The van der Waals surface area contributed by atoms with Gasteiger partial charge in [0.15, 0.2) is 11.0 Å². The number of nitrogens with zero attached hydrogens (tertiary/aromatic N) is 4. The Balaban J connectivity index is 2.15. The normalized spacial score (nSPS) is 12.8. The van der Waals surface area contributed by atoms with Crippen molar-refractivity contribution in [2.75, 3.05) is 13.2 Å². The molecular weight excluding hydrogens is 526 g/mol. The fraction of sp³-hybridized carbons (Fsp3) is 0.308. The molecule has 204 valence electrons. The summed E-state index contributed by atoms with van der Waals surface area (Å²) in [5.74, 6) is 0. The van der Waals surface area contributed by atoms with Crippen molar-refractivity contribution in [3.05, 3.63) is 72.2 Å². The summed E-state index contributed by atoms with van der Waals surface area (Å²) in [4.78, 5) is 42.2. The van der Waals surface area contributed by atoms with Gasteiger partial charge in [0, 0.05) is 0 Å². The summed E-state index contributed by atoms with van der Waals surface area (Å²) >= 11 is 0. The summed E-state index contributed by atoms with van der Waals surface area (Å²) in [5, 5.41) is 15.2. The maximum Gasteiger partial charge on any atom is 0.195 e. The first-order valence-corrected chi connectivity index (χ1v) is 12.9. The zero-order valence-corrected chi connectivity index (χ0v) is 23.9. The van der Waals surface area contributed by atoms with Crippen molar-refractivity contribution in [3.63, 3.8) is 0 Å². The van der Waals surface area contributed by atoms with Crippen molar-refractivity contribution in [1.29, 1.82) is 0 Å². The molecule has 10 nitrogen and oxygen atoms in total. The molecule has 1 rings (SSSR count). The molecule has 0 heterocycles. The predicted octanol–water partition coefficient (Wildman–Crippen LogP) is 5.12. The van der Waals surface area contributed by atoms with E-state index >= 15 is 0 Å². The second-order valence-corrected chi connectivity index (χ2v) is 8.60. The van der Waals surface area contributed by atoms with Gasteiger partial charge < -0.3 is 19.4 Å². The van der Waals surface area contributed by atoms with E-state index in [1.807, 2.05) is 33.5 Å². The number of oxime groups is 4. The maximum absolute atomic E-state index is 11.0. The van der Waals surface area contributed by atoms with Gasteiger partial charge in [-0.2, -0.15) is 0 Å². The van der Waals surface area contributed by atoms with Gasteiger partial charge in [-0.05, 0) is 62.8 Å². The lowest BCUT2D eigenvalue weighted by Gasteiger charge is -2.01. The molecule has 38 heavy (non-hydrogen) atoms. The van der Waals surface area contributed by atoms with E-state index in [1.165, 1.54) is 12.5 Å². The molecule has 1 aromatic carbocycles. The Morgan fingerprint density at radius 1 is 0.684 bits per heavy atom. The van der Waals surface area contributed by atoms with E-state index in [0.29, 0.717) is 18.9 Å². The summed E-state index contributed by atoms with van der Waals surface area (Å²) in [6.45, 7) is 4.20. The van der Waals surface area contributed by atoms with Gasteiger partial charge in [-0.15, -0.1) is 0 Å². The van der Waals surface area contributed by atoms with Gasteiger partial charge in [-0.25, -0.2) is 0 Å². The zero-order chi connectivity index (χ0) is 27.8. The fourth-order valence-corrected chi connectivity index (χ4v) is 2.37. The Labute approximate surface area is 227 Å². The number of unbranched alkanes of at least 4 members (excludes halogenated alkanes) is 3. The first-order valence-electron chi connectivity index (χ1n) is 11.8. The number of allylic oxidation sites excluding steroid dienone is 4. The smallest absolute Gasteiger partial charge is 0.195 e. The number of carbonyl (C=O) groups excluding carboxylic acids is 2. The van der Waals surface area contributed by atoms with E-state index in [9.17, 15) is 9.59 Å². The van der Waals surface area contributed by atoms with E-state index in [-0.39, 0.29) is 16.8 Å². The summed E-state index contributed by atoms with van der Waals surface area (Å²) < 4.78 is 0. The first kappa shape index (κ1) is 32.5. The average molecular weight is 561 g/mol. The minimum atomic E-state index is -0.225. The van der Waals surface area contributed by atoms with Crippen LogP contribution >= 0.6 is 18.5 Å². The van der Waals surface area contributed by atoms with Gasteiger partial charge in [0.1, 0.15) is 37.2 Å². The van der Waals surface area contributed by atoms with E-state index in [1.54, 1.807) is 50.6 Å². The van der Waals surface area contributed by atoms with E-state index in [4.69, 9.17) is 19.4 Å². The van der Waals surface area contributed by atoms with Crippen molar-refractivity contribution < 1.29 is 28.9 Å². The van der Waals surface area contributed by atoms with Gasteiger partial charge in [0.25, 0.3) is 0 Å². The van der Waals surface area contributed by atoms with Gasteiger partial charge in [0.05, 0.1) is 12.4 Å². The van der Waals surface area contributed by atoms with Crippen LogP contribution in [0.5, 0.6) is 0 Å². The minimum Gasteiger partial charge on any atom is -0.396 e. The SMILES string of the molecule is C/C(=N/O\C=C/C=C/C=C/O/N=C\c1ccc(/C=N\OCCCCCCO/N=C(\C)C(=O)P)cc1)C(=O)P. The van der Waals surface area contributed by atoms with Crippen molar-refractivity contribution in [1.82, 2.24) is 0 Å². The van der Waals surface area contributed by atoms with Crippen LogP contribution in [0, 0.1) is 0 Å². The number of hydrogen-bond donors (Lipinski definition) is 0. The number of rotatable bonds is 19. The quantitative estimate of drug-likeness (QED) is 0.0578. The highest BCUT2D eigenvalue weighted by Crippen LogP contribution is 2.03. The molecule has 0 N–H and O–H groups in total. The topological polar surface area (TPSA) is 120 Å². The van der Waals surface area contributed by atoms with E-state index < -0.39 is 0 Å². The van der Waals surface area contributed by atoms with Crippen LogP contribution in [0.2, 0.25) is 0 Å². The molecule has 0 saturated heterocycles. The molecule has 0 spiro atoms. The monoisotopic (exact) mass is 560 g/mol. The van der Waals surface area contributed by atoms with E-state index in [0.717, 1.165) is 36.8 Å². The third kappa shape index (κ3) is 17.9. The van der Waals surface area contributed by atoms with Crippen molar-refractivity contribution in [2.24, 2.45) is 20.6 Å². The summed E-state index contributed by atoms with van der Waals surface area (Å²) in [7, 11) is 4.08. The molecule has 0 aliphatic heterocycles. The highest BCUT2D eigenvalue weighted by Gasteiger charge is 1.98. The van der Waals surface area contributed by atoms with Crippen LogP contribution < -0.4 is 0 Å². The van der Waals surface area contributed by atoms with Crippen LogP contribution in [-0.4, -0.2) is 48.1 Å². The highest BCUT2D eigenvalue weighted by atomic mass is 31.0. The molecular formula is C26H34N4O6P2.